The lowest BCUT2D eigenvalue weighted by Gasteiger charge is -2.10. The van der Waals surface area contributed by atoms with Gasteiger partial charge >= 0.3 is 0 Å². The lowest BCUT2D eigenvalue weighted by atomic mass is 10.1. The Hall–Kier alpha value is -0.0800. The summed E-state index contributed by atoms with van der Waals surface area (Å²) in [6.07, 6.45) is 6.96. The Morgan fingerprint density at radius 2 is 1.85 bits per heavy atom. The number of unbranched alkanes of at least 4 members (excludes halogenated alkanes) is 3. The highest BCUT2D eigenvalue weighted by Gasteiger charge is 2.01. The maximum absolute atomic E-state index is 9.51. The van der Waals surface area contributed by atoms with Crippen LogP contribution in [0.1, 0.15) is 52.4 Å². The van der Waals surface area contributed by atoms with Crippen LogP contribution in [0.15, 0.2) is 0 Å². The topological polar surface area (TPSA) is 32.3 Å². The first-order valence-corrected chi connectivity index (χ1v) is 5.70. The van der Waals surface area contributed by atoms with Crippen LogP contribution in [0.5, 0.6) is 0 Å². The van der Waals surface area contributed by atoms with Crippen LogP contribution in [0.3, 0.4) is 0 Å². The molecule has 13 heavy (non-hydrogen) atoms. The van der Waals surface area contributed by atoms with Crippen LogP contribution >= 0.6 is 0 Å². The molecule has 0 aliphatic heterocycles. The lowest BCUT2D eigenvalue weighted by molar-refractivity contribution is 0.158. The second-order valence-corrected chi connectivity index (χ2v) is 3.71. The van der Waals surface area contributed by atoms with Crippen molar-refractivity contribution in [1.82, 2.24) is 5.32 Å². The fraction of sp³-hybridized carbons (Fsp3) is 1.00. The average Bonchev–Trinajstić information content (AvgIpc) is 2.13. The molecule has 0 saturated heterocycles. The van der Waals surface area contributed by atoms with Crippen molar-refractivity contribution in [2.24, 2.45) is 0 Å². The van der Waals surface area contributed by atoms with E-state index >= 15 is 0 Å². The largest absolute Gasteiger partial charge is 0.392 e. The Bertz CT molecular complexity index is 96.1. The molecule has 0 aliphatic rings. The standard InChI is InChI=1S/C11H25NO/c1-3-5-6-7-8-11(13)10-12-9-4-2/h11-13H,3-10H2,1-2H3. The van der Waals surface area contributed by atoms with Crippen molar-refractivity contribution in [3.05, 3.63) is 0 Å². The summed E-state index contributed by atoms with van der Waals surface area (Å²) in [4.78, 5) is 0. The first-order chi connectivity index (χ1) is 6.31. The minimum Gasteiger partial charge on any atom is -0.392 e. The fourth-order valence-electron chi connectivity index (χ4n) is 1.35. The third-order valence-electron chi connectivity index (χ3n) is 2.20. The lowest BCUT2D eigenvalue weighted by Crippen LogP contribution is -2.27. The van der Waals surface area contributed by atoms with Gasteiger partial charge in [0.2, 0.25) is 0 Å². The van der Waals surface area contributed by atoms with E-state index in [-0.39, 0.29) is 6.10 Å². The van der Waals surface area contributed by atoms with E-state index in [0.29, 0.717) is 0 Å². The molecule has 0 amide bonds. The molecule has 0 spiro atoms. The predicted octanol–water partition coefficient (Wildman–Crippen LogP) is 2.32. The Morgan fingerprint density at radius 1 is 1.08 bits per heavy atom. The number of hydrogen-bond donors (Lipinski definition) is 2. The zero-order valence-electron chi connectivity index (χ0n) is 9.18. The molecule has 2 heteroatoms. The molecule has 0 aromatic heterocycles. The normalized spacial score (nSPS) is 13.2. The summed E-state index contributed by atoms with van der Waals surface area (Å²) < 4.78 is 0. The van der Waals surface area contributed by atoms with Crippen molar-refractivity contribution in [3.8, 4) is 0 Å². The average molecular weight is 187 g/mol. The third-order valence-corrected chi connectivity index (χ3v) is 2.20. The van der Waals surface area contributed by atoms with Crippen LogP contribution in [0.4, 0.5) is 0 Å². The quantitative estimate of drug-likeness (QED) is 0.543. The molecule has 0 rings (SSSR count). The van der Waals surface area contributed by atoms with Gasteiger partial charge in [0, 0.05) is 6.54 Å². The smallest absolute Gasteiger partial charge is 0.0664 e. The molecule has 1 unspecified atom stereocenters. The van der Waals surface area contributed by atoms with Crippen molar-refractivity contribution in [1.29, 1.82) is 0 Å². The van der Waals surface area contributed by atoms with Crippen molar-refractivity contribution in [3.63, 3.8) is 0 Å². The maximum Gasteiger partial charge on any atom is 0.0664 e. The van der Waals surface area contributed by atoms with Crippen LogP contribution < -0.4 is 5.32 Å². The Labute approximate surface area is 82.7 Å². The van der Waals surface area contributed by atoms with Gasteiger partial charge in [-0.15, -0.1) is 0 Å². The summed E-state index contributed by atoms with van der Waals surface area (Å²) in [7, 11) is 0. The Kier molecular flexibility index (Phi) is 9.94. The van der Waals surface area contributed by atoms with Crippen molar-refractivity contribution in [2.45, 2.75) is 58.5 Å². The molecule has 0 saturated carbocycles. The summed E-state index contributed by atoms with van der Waals surface area (Å²) in [5, 5.41) is 12.7. The molecule has 0 fully saturated rings. The predicted molar refractivity (Wildman–Crippen MR) is 57.9 cm³/mol. The Balaban J connectivity index is 3.05. The van der Waals surface area contributed by atoms with Gasteiger partial charge in [0.15, 0.2) is 0 Å². The zero-order valence-corrected chi connectivity index (χ0v) is 9.18. The van der Waals surface area contributed by atoms with Gasteiger partial charge in [0.25, 0.3) is 0 Å². The molecule has 1 atom stereocenters. The number of rotatable bonds is 9. The summed E-state index contributed by atoms with van der Waals surface area (Å²) in [6.45, 7) is 6.13. The first-order valence-electron chi connectivity index (χ1n) is 5.70. The minimum atomic E-state index is -0.136. The molecule has 80 valence electrons. The van der Waals surface area contributed by atoms with Gasteiger partial charge in [-0.25, -0.2) is 0 Å². The van der Waals surface area contributed by atoms with E-state index in [2.05, 4.69) is 19.2 Å². The number of aliphatic hydroxyl groups excluding tert-OH is 1. The molecule has 0 radical (unpaired) electrons. The fourth-order valence-corrected chi connectivity index (χ4v) is 1.35. The highest BCUT2D eigenvalue weighted by atomic mass is 16.3. The van der Waals surface area contributed by atoms with Gasteiger partial charge in [-0.1, -0.05) is 39.5 Å². The zero-order chi connectivity index (χ0) is 9.94. The van der Waals surface area contributed by atoms with E-state index < -0.39 is 0 Å². The van der Waals surface area contributed by atoms with Gasteiger partial charge in [-0.05, 0) is 19.4 Å². The first kappa shape index (κ1) is 12.9. The molecule has 0 aliphatic carbocycles. The van der Waals surface area contributed by atoms with Crippen LogP contribution in [-0.4, -0.2) is 24.3 Å². The van der Waals surface area contributed by atoms with Crippen molar-refractivity contribution in [2.75, 3.05) is 13.1 Å². The number of hydrogen-bond acceptors (Lipinski definition) is 2. The number of aliphatic hydroxyl groups is 1. The van der Waals surface area contributed by atoms with E-state index in [1.807, 2.05) is 0 Å². The molecular formula is C11H25NO. The van der Waals surface area contributed by atoms with Gasteiger partial charge < -0.3 is 10.4 Å². The highest BCUT2D eigenvalue weighted by Crippen LogP contribution is 2.04. The molecular weight excluding hydrogens is 162 g/mol. The van der Waals surface area contributed by atoms with E-state index in [0.717, 1.165) is 25.9 Å². The molecule has 0 heterocycles. The van der Waals surface area contributed by atoms with Gasteiger partial charge in [0.05, 0.1) is 6.10 Å². The third kappa shape index (κ3) is 9.84. The van der Waals surface area contributed by atoms with Crippen LogP contribution in [0.25, 0.3) is 0 Å². The summed E-state index contributed by atoms with van der Waals surface area (Å²) in [6, 6.07) is 0. The summed E-state index contributed by atoms with van der Waals surface area (Å²) in [5.41, 5.74) is 0. The molecule has 2 N–H and O–H groups in total. The van der Waals surface area contributed by atoms with E-state index in [1.54, 1.807) is 0 Å². The molecule has 0 aromatic rings. The Morgan fingerprint density at radius 3 is 2.46 bits per heavy atom. The second kappa shape index (κ2) is 10.0. The van der Waals surface area contributed by atoms with Crippen molar-refractivity contribution < 1.29 is 5.11 Å². The highest BCUT2D eigenvalue weighted by molar-refractivity contribution is 4.59. The second-order valence-electron chi connectivity index (χ2n) is 3.71. The van der Waals surface area contributed by atoms with E-state index in [9.17, 15) is 5.11 Å². The minimum absolute atomic E-state index is 0.136. The molecule has 0 bridgehead atoms. The summed E-state index contributed by atoms with van der Waals surface area (Å²) in [5.74, 6) is 0. The van der Waals surface area contributed by atoms with Gasteiger partial charge in [-0.3, -0.25) is 0 Å². The summed E-state index contributed by atoms with van der Waals surface area (Å²) >= 11 is 0. The number of nitrogens with one attached hydrogen (secondary N) is 1. The van der Waals surface area contributed by atoms with E-state index in [1.165, 1.54) is 25.7 Å². The maximum atomic E-state index is 9.51. The molecule has 0 aromatic carbocycles. The van der Waals surface area contributed by atoms with E-state index in [4.69, 9.17) is 0 Å². The van der Waals surface area contributed by atoms with Gasteiger partial charge in [0.1, 0.15) is 0 Å². The van der Waals surface area contributed by atoms with Crippen LogP contribution in [-0.2, 0) is 0 Å². The molecule has 2 nitrogen and oxygen atoms in total. The monoisotopic (exact) mass is 187 g/mol. The van der Waals surface area contributed by atoms with Crippen LogP contribution in [0, 0.1) is 0 Å². The van der Waals surface area contributed by atoms with Crippen LogP contribution in [0.2, 0.25) is 0 Å². The van der Waals surface area contributed by atoms with Crippen molar-refractivity contribution >= 4 is 0 Å². The SMILES string of the molecule is CCCCCCC(O)CNCCC. The van der Waals surface area contributed by atoms with Gasteiger partial charge in [-0.2, -0.15) is 0 Å².